The maximum absolute atomic E-state index is 12.2. The van der Waals surface area contributed by atoms with Crippen LogP contribution in [0.2, 0.25) is 10.0 Å². The first-order chi connectivity index (χ1) is 12.5. The number of amides is 2. The highest BCUT2D eigenvalue weighted by Gasteiger charge is 2.15. The number of hydrogen-bond donors (Lipinski definition) is 2. The molecule has 0 atom stereocenters. The number of halogens is 2. The maximum atomic E-state index is 12.2. The molecule has 0 unspecified atom stereocenters. The SMILES string of the molecule is CCCOc1ccc(C(=O)NNC(=O)c2cccc(Cl)c2Cl)cc1OC. The first kappa shape index (κ1) is 19.9. The lowest BCUT2D eigenvalue weighted by Gasteiger charge is -2.12. The summed E-state index contributed by atoms with van der Waals surface area (Å²) in [5.74, 6) is -0.131. The Kier molecular flexibility index (Phi) is 7.12. The molecular weight excluding hydrogens is 379 g/mol. The van der Waals surface area contributed by atoms with E-state index < -0.39 is 11.8 Å². The van der Waals surface area contributed by atoms with E-state index in [4.69, 9.17) is 32.7 Å². The van der Waals surface area contributed by atoms with Crippen LogP contribution in [0.25, 0.3) is 0 Å². The summed E-state index contributed by atoms with van der Waals surface area (Å²) in [4.78, 5) is 24.4. The molecule has 6 nitrogen and oxygen atoms in total. The summed E-state index contributed by atoms with van der Waals surface area (Å²) in [5, 5.41) is 0.359. The molecule has 0 heterocycles. The number of ether oxygens (including phenoxy) is 2. The van der Waals surface area contributed by atoms with Gasteiger partial charge in [0.1, 0.15) is 0 Å². The molecule has 2 amide bonds. The minimum Gasteiger partial charge on any atom is -0.493 e. The lowest BCUT2D eigenvalue weighted by Crippen LogP contribution is -2.41. The topological polar surface area (TPSA) is 76.7 Å². The number of hydrogen-bond acceptors (Lipinski definition) is 4. The molecule has 138 valence electrons. The van der Waals surface area contributed by atoms with E-state index in [1.807, 2.05) is 6.92 Å². The monoisotopic (exact) mass is 396 g/mol. The van der Waals surface area contributed by atoms with Gasteiger partial charge >= 0.3 is 0 Å². The van der Waals surface area contributed by atoms with Crippen LogP contribution in [0.4, 0.5) is 0 Å². The van der Waals surface area contributed by atoms with Crippen LogP contribution in [0, 0.1) is 0 Å². The fourth-order valence-corrected chi connectivity index (χ4v) is 2.46. The lowest BCUT2D eigenvalue weighted by atomic mass is 10.2. The standard InChI is InChI=1S/C18H18Cl2N2O4/c1-3-9-26-14-8-7-11(10-15(14)25-2)17(23)21-22-18(24)12-5-4-6-13(19)16(12)20/h4-8,10H,3,9H2,1-2H3,(H,21,23)(H,22,24). The normalized spacial score (nSPS) is 10.2. The number of nitrogens with one attached hydrogen (secondary N) is 2. The highest BCUT2D eigenvalue weighted by molar-refractivity contribution is 6.43. The summed E-state index contributed by atoms with van der Waals surface area (Å²) >= 11 is 11.9. The van der Waals surface area contributed by atoms with Crippen LogP contribution < -0.4 is 20.3 Å². The Bertz CT molecular complexity index is 812. The Morgan fingerprint density at radius 3 is 2.46 bits per heavy atom. The third kappa shape index (κ3) is 4.80. The van der Waals surface area contributed by atoms with E-state index in [2.05, 4.69) is 10.9 Å². The van der Waals surface area contributed by atoms with E-state index >= 15 is 0 Å². The van der Waals surface area contributed by atoms with Crippen molar-refractivity contribution in [1.29, 1.82) is 0 Å². The van der Waals surface area contributed by atoms with Crippen LogP contribution in [0.5, 0.6) is 11.5 Å². The van der Waals surface area contributed by atoms with Crippen LogP contribution in [-0.2, 0) is 0 Å². The van der Waals surface area contributed by atoms with Gasteiger partial charge in [-0.15, -0.1) is 0 Å². The Balaban J connectivity index is 2.05. The molecule has 0 radical (unpaired) electrons. The van der Waals surface area contributed by atoms with Gasteiger partial charge in [-0.05, 0) is 36.8 Å². The first-order valence-corrected chi connectivity index (χ1v) is 8.59. The second-order valence-electron chi connectivity index (χ2n) is 5.22. The van der Waals surface area contributed by atoms with Crippen molar-refractivity contribution in [3.05, 3.63) is 57.6 Å². The number of rotatable bonds is 6. The molecule has 0 saturated heterocycles. The van der Waals surface area contributed by atoms with Gasteiger partial charge < -0.3 is 9.47 Å². The van der Waals surface area contributed by atoms with E-state index in [1.54, 1.807) is 24.3 Å². The van der Waals surface area contributed by atoms with Crippen LogP contribution in [0.1, 0.15) is 34.1 Å². The Hall–Kier alpha value is -2.44. The maximum Gasteiger partial charge on any atom is 0.271 e. The summed E-state index contributed by atoms with van der Waals surface area (Å²) < 4.78 is 10.8. The van der Waals surface area contributed by atoms with Crippen molar-refractivity contribution in [3.63, 3.8) is 0 Å². The molecule has 0 aliphatic rings. The van der Waals surface area contributed by atoms with Gasteiger partial charge in [-0.3, -0.25) is 20.4 Å². The molecule has 2 aromatic rings. The molecule has 0 fully saturated rings. The second kappa shape index (κ2) is 9.31. The Labute approximate surface area is 161 Å². The van der Waals surface area contributed by atoms with Crippen LogP contribution in [0.15, 0.2) is 36.4 Å². The number of carbonyl (C=O) groups is 2. The zero-order valence-electron chi connectivity index (χ0n) is 14.3. The van der Waals surface area contributed by atoms with Gasteiger partial charge in [0.2, 0.25) is 0 Å². The average molecular weight is 397 g/mol. The van der Waals surface area contributed by atoms with E-state index in [0.717, 1.165) is 6.42 Å². The summed E-state index contributed by atoms with van der Waals surface area (Å²) in [6, 6.07) is 9.39. The van der Waals surface area contributed by atoms with Crippen molar-refractivity contribution >= 4 is 35.0 Å². The Morgan fingerprint density at radius 2 is 1.77 bits per heavy atom. The number of hydrazine groups is 1. The van der Waals surface area contributed by atoms with Gasteiger partial charge in [-0.25, -0.2) is 0 Å². The smallest absolute Gasteiger partial charge is 0.271 e. The molecule has 0 saturated carbocycles. The zero-order valence-corrected chi connectivity index (χ0v) is 15.8. The van der Waals surface area contributed by atoms with Crippen molar-refractivity contribution in [2.45, 2.75) is 13.3 Å². The number of carbonyl (C=O) groups excluding carboxylic acids is 2. The van der Waals surface area contributed by atoms with E-state index in [1.165, 1.54) is 19.2 Å². The molecular formula is C18H18Cl2N2O4. The summed E-state index contributed by atoms with van der Waals surface area (Å²) in [6.45, 7) is 2.53. The molecule has 2 rings (SSSR count). The summed E-state index contributed by atoms with van der Waals surface area (Å²) in [6.07, 6.45) is 0.851. The van der Waals surface area contributed by atoms with Crippen LogP contribution >= 0.6 is 23.2 Å². The van der Waals surface area contributed by atoms with Gasteiger partial charge in [0.15, 0.2) is 11.5 Å². The molecule has 0 aromatic heterocycles. The minimum absolute atomic E-state index is 0.111. The molecule has 0 bridgehead atoms. The minimum atomic E-state index is -0.583. The number of methoxy groups -OCH3 is 1. The quantitative estimate of drug-likeness (QED) is 0.726. The van der Waals surface area contributed by atoms with Crippen molar-refractivity contribution < 1.29 is 19.1 Å². The third-order valence-electron chi connectivity index (χ3n) is 3.37. The van der Waals surface area contributed by atoms with Gasteiger partial charge in [0.05, 0.1) is 29.3 Å². The van der Waals surface area contributed by atoms with Gasteiger partial charge in [-0.2, -0.15) is 0 Å². The number of benzene rings is 2. The van der Waals surface area contributed by atoms with Crippen LogP contribution in [-0.4, -0.2) is 25.5 Å². The third-order valence-corrected chi connectivity index (χ3v) is 4.19. The van der Waals surface area contributed by atoms with Crippen molar-refractivity contribution in [2.75, 3.05) is 13.7 Å². The molecule has 2 aromatic carbocycles. The molecule has 0 spiro atoms. The molecule has 26 heavy (non-hydrogen) atoms. The highest BCUT2D eigenvalue weighted by atomic mass is 35.5. The van der Waals surface area contributed by atoms with Gasteiger partial charge in [0.25, 0.3) is 11.8 Å². The second-order valence-corrected chi connectivity index (χ2v) is 6.01. The van der Waals surface area contributed by atoms with E-state index in [9.17, 15) is 9.59 Å². The average Bonchev–Trinajstić information content (AvgIpc) is 2.66. The van der Waals surface area contributed by atoms with Crippen molar-refractivity contribution in [1.82, 2.24) is 10.9 Å². The van der Waals surface area contributed by atoms with Crippen molar-refractivity contribution in [3.8, 4) is 11.5 Å². The lowest BCUT2D eigenvalue weighted by molar-refractivity contribution is 0.0846. The summed E-state index contributed by atoms with van der Waals surface area (Å²) in [7, 11) is 1.48. The first-order valence-electron chi connectivity index (χ1n) is 7.83. The fraction of sp³-hybridized carbons (Fsp3) is 0.222. The fourth-order valence-electron chi connectivity index (χ4n) is 2.07. The van der Waals surface area contributed by atoms with Gasteiger partial charge in [0, 0.05) is 5.56 Å². The zero-order chi connectivity index (χ0) is 19.1. The van der Waals surface area contributed by atoms with E-state index in [-0.39, 0.29) is 15.6 Å². The molecule has 8 heteroatoms. The predicted molar refractivity (Wildman–Crippen MR) is 100 cm³/mol. The van der Waals surface area contributed by atoms with Crippen LogP contribution in [0.3, 0.4) is 0 Å². The summed E-state index contributed by atoms with van der Waals surface area (Å²) in [5.41, 5.74) is 5.07. The molecule has 0 aliphatic carbocycles. The van der Waals surface area contributed by atoms with E-state index in [0.29, 0.717) is 23.7 Å². The molecule has 0 aliphatic heterocycles. The largest absolute Gasteiger partial charge is 0.493 e. The molecule has 2 N–H and O–H groups in total. The van der Waals surface area contributed by atoms with Gasteiger partial charge in [-0.1, -0.05) is 36.2 Å². The highest BCUT2D eigenvalue weighted by Crippen LogP contribution is 2.28. The predicted octanol–water partition coefficient (Wildman–Crippen LogP) is 3.87. The van der Waals surface area contributed by atoms with Crippen molar-refractivity contribution in [2.24, 2.45) is 0 Å². The Morgan fingerprint density at radius 1 is 1.04 bits per heavy atom.